The molecule has 0 spiro atoms. The first-order chi connectivity index (χ1) is 12.5. The van der Waals surface area contributed by atoms with Gasteiger partial charge in [-0.05, 0) is 42.7 Å². The summed E-state index contributed by atoms with van der Waals surface area (Å²) < 4.78 is 11.2. The van der Waals surface area contributed by atoms with Crippen molar-refractivity contribution in [1.29, 1.82) is 0 Å². The van der Waals surface area contributed by atoms with Crippen molar-refractivity contribution in [3.8, 4) is 5.75 Å². The topological polar surface area (TPSA) is 64.4 Å². The molecule has 1 amide bonds. The van der Waals surface area contributed by atoms with Gasteiger partial charge < -0.3 is 14.6 Å². The predicted molar refractivity (Wildman–Crippen MR) is 101 cm³/mol. The van der Waals surface area contributed by atoms with Crippen LogP contribution >= 0.6 is 0 Å². The molecule has 5 nitrogen and oxygen atoms in total. The lowest BCUT2D eigenvalue weighted by molar-refractivity contribution is 0.0944. The molecule has 2 aromatic carbocycles. The van der Waals surface area contributed by atoms with Crippen LogP contribution in [0.3, 0.4) is 0 Å². The van der Waals surface area contributed by atoms with Crippen LogP contribution in [0.15, 0.2) is 40.9 Å². The second kappa shape index (κ2) is 7.60. The molecule has 0 saturated heterocycles. The fourth-order valence-electron chi connectivity index (χ4n) is 2.77. The summed E-state index contributed by atoms with van der Waals surface area (Å²) in [6.07, 6.45) is 0. The minimum absolute atomic E-state index is 0.127. The van der Waals surface area contributed by atoms with Crippen LogP contribution in [0.4, 0.5) is 0 Å². The van der Waals surface area contributed by atoms with Gasteiger partial charge in [-0.15, -0.1) is 0 Å². The van der Waals surface area contributed by atoms with E-state index in [0.717, 1.165) is 27.8 Å². The monoisotopic (exact) mass is 352 g/mol. The Labute approximate surface area is 153 Å². The molecule has 0 atom stereocenters. The number of aromatic nitrogens is 1. The van der Waals surface area contributed by atoms with Crippen LogP contribution in [0.25, 0.3) is 10.8 Å². The van der Waals surface area contributed by atoms with Gasteiger partial charge in [0.05, 0.1) is 16.8 Å². The maximum absolute atomic E-state index is 12.7. The van der Waals surface area contributed by atoms with Crippen molar-refractivity contribution in [2.24, 2.45) is 5.92 Å². The first kappa shape index (κ1) is 18.0. The van der Waals surface area contributed by atoms with Crippen molar-refractivity contribution in [3.05, 3.63) is 59.0 Å². The van der Waals surface area contributed by atoms with Gasteiger partial charge >= 0.3 is 0 Å². The lowest BCUT2D eigenvalue weighted by Gasteiger charge is -2.14. The Hall–Kier alpha value is -2.82. The zero-order valence-electron chi connectivity index (χ0n) is 15.6. The Balaban J connectivity index is 1.93. The van der Waals surface area contributed by atoms with Gasteiger partial charge in [0.15, 0.2) is 0 Å². The highest BCUT2D eigenvalue weighted by Gasteiger charge is 2.16. The van der Waals surface area contributed by atoms with Gasteiger partial charge in [0.25, 0.3) is 5.91 Å². The van der Waals surface area contributed by atoms with Crippen molar-refractivity contribution in [3.63, 3.8) is 0 Å². The number of rotatable bonds is 6. The number of nitrogens with zero attached hydrogens (tertiary/aromatic N) is 1. The summed E-state index contributed by atoms with van der Waals surface area (Å²) in [6, 6.07) is 11.7. The van der Waals surface area contributed by atoms with Crippen molar-refractivity contribution in [2.45, 2.75) is 34.3 Å². The summed E-state index contributed by atoms with van der Waals surface area (Å²) in [5.74, 6) is 1.54. The molecule has 3 aromatic rings. The SMILES string of the molecule is Cc1noc(C)c1COc1cc2ccccc2cc1C(=O)NCC(C)C. The maximum Gasteiger partial charge on any atom is 0.255 e. The van der Waals surface area contributed by atoms with Crippen LogP contribution in [0.2, 0.25) is 0 Å². The molecule has 0 radical (unpaired) electrons. The van der Waals surface area contributed by atoms with E-state index in [4.69, 9.17) is 9.26 Å². The van der Waals surface area contributed by atoms with Crippen LogP contribution in [0.1, 0.15) is 41.2 Å². The van der Waals surface area contributed by atoms with Gasteiger partial charge in [0.2, 0.25) is 0 Å². The largest absolute Gasteiger partial charge is 0.488 e. The number of carbonyl (C=O) groups excluding carboxylic acids is 1. The van der Waals surface area contributed by atoms with E-state index in [9.17, 15) is 4.79 Å². The highest BCUT2D eigenvalue weighted by Crippen LogP contribution is 2.27. The molecule has 1 N–H and O–H groups in total. The maximum atomic E-state index is 12.7. The molecule has 0 saturated carbocycles. The predicted octanol–water partition coefficient (Wildman–Crippen LogP) is 4.41. The molecule has 0 bridgehead atoms. The van der Waals surface area contributed by atoms with Gasteiger partial charge in [0.1, 0.15) is 18.1 Å². The third kappa shape index (κ3) is 3.87. The molecule has 1 heterocycles. The van der Waals surface area contributed by atoms with E-state index in [-0.39, 0.29) is 5.91 Å². The van der Waals surface area contributed by atoms with E-state index in [1.165, 1.54) is 0 Å². The average molecular weight is 352 g/mol. The molecular weight excluding hydrogens is 328 g/mol. The number of fused-ring (bicyclic) bond motifs is 1. The number of aryl methyl sites for hydroxylation is 2. The third-order valence-corrected chi connectivity index (χ3v) is 4.32. The third-order valence-electron chi connectivity index (χ3n) is 4.32. The highest BCUT2D eigenvalue weighted by molar-refractivity contribution is 6.01. The molecule has 0 fully saturated rings. The number of hydrogen-bond donors (Lipinski definition) is 1. The Bertz CT molecular complexity index is 909. The summed E-state index contributed by atoms with van der Waals surface area (Å²) in [7, 11) is 0. The van der Waals surface area contributed by atoms with Gasteiger partial charge in [-0.25, -0.2) is 0 Å². The number of amides is 1. The average Bonchev–Trinajstić information content (AvgIpc) is 2.95. The molecule has 0 unspecified atom stereocenters. The van der Waals surface area contributed by atoms with E-state index in [1.807, 2.05) is 50.2 Å². The standard InChI is InChI=1S/C21H24N2O3/c1-13(2)11-22-21(24)18-9-16-7-5-6-8-17(16)10-20(18)25-12-19-14(3)23-26-15(19)4/h5-10,13H,11-12H2,1-4H3,(H,22,24). The van der Waals surface area contributed by atoms with Crippen LogP contribution in [-0.4, -0.2) is 17.6 Å². The lowest BCUT2D eigenvalue weighted by atomic mass is 10.0. The normalized spacial score (nSPS) is 11.1. The summed E-state index contributed by atoms with van der Waals surface area (Å²) >= 11 is 0. The molecule has 0 aliphatic carbocycles. The quantitative estimate of drug-likeness (QED) is 0.714. The molecule has 0 aliphatic heterocycles. The Morgan fingerprint density at radius 3 is 2.50 bits per heavy atom. The first-order valence-electron chi connectivity index (χ1n) is 8.81. The first-order valence-corrected chi connectivity index (χ1v) is 8.81. The van der Waals surface area contributed by atoms with E-state index < -0.39 is 0 Å². The van der Waals surface area contributed by atoms with Crippen molar-refractivity contribution >= 4 is 16.7 Å². The van der Waals surface area contributed by atoms with E-state index in [0.29, 0.717) is 30.4 Å². The van der Waals surface area contributed by atoms with E-state index >= 15 is 0 Å². The number of hydrogen-bond acceptors (Lipinski definition) is 4. The van der Waals surface area contributed by atoms with Crippen molar-refractivity contribution in [2.75, 3.05) is 6.54 Å². The zero-order chi connectivity index (χ0) is 18.7. The van der Waals surface area contributed by atoms with Crippen molar-refractivity contribution in [1.82, 2.24) is 10.5 Å². The van der Waals surface area contributed by atoms with Crippen LogP contribution < -0.4 is 10.1 Å². The number of nitrogens with one attached hydrogen (secondary N) is 1. The smallest absolute Gasteiger partial charge is 0.255 e. The summed E-state index contributed by atoms with van der Waals surface area (Å²) in [5, 5.41) is 8.96. The van der Waals surface area contributed by atoms with Crippen LogP contribution in [0.5, 0.6) is 5.75 Å². The molecule has 0 aliphatic rings. The minimum atomic E-state index is -0.127. The van der Waals surface area contributed by atoms with Gasteiger partial charge in [-0.3, -0.25) is 4.79 Å². The second-order valence-electron chi connectivity index (χ2n) is 6.89. The second-order valence-corrected chi connectivity index (χ2v) is 6.89. The molecule has 136 valence electrons. The molecule has 26 heavy (non-hydrogen) atoms. The number of benzene rings is 2. The molecule has 3 rings (SSSR count). The molecule has 5 heteroatoms. The van der Waals surface area contributed by atoms with Crippen molar-refractivity contribution < 1.29 is 14.1 Å². The minimum Gasteiger partial charge on any atom is -0.488 e. The van der Waals surface area contributed by atoms with Crippen LogP contribution in [0, 0.1) is 19.8 Å². The summed E-state index contributed by atoms with van der Waals surface area (Å²) in [6.45, 7) is 8.80. The highest BCUT2D eigenvalue weighted by atomic mass is 16.5. The molecular formula is C21H24N2O3. The van der Waals surface area contributed by atoms with Crippen LogP contribution in [-0.2, 0) is 6.61 Å². The number of ether oxygens (including phenoxy) is 1. The fraction of sp³-hybridized carbons (Fsp3) is 0.333. The Morgan fingerprint density at radius 1 is 1.19 bits per heavy atom. The van der Waals surface area contributed by atoms with E-state index in [1.54, 1.807) is 0 Å². The lowest BCUT2D eigenvalue weighted by Crippen LogP contribution is -2.27. The fourth-order valence-corrected chi connectivity index (χ4v) is 2.77. The van der Waals surface area contributed by atoms with Gasteiger partial charge in [-0.1, -0.05) is 43.3 Å². The zero-order valence-corrected chi connectivity index (χ0v) is 15.6. The Kier molecular flexibility index (Phi) is 5.26. The number of carbonyl (C=O) groups is 1. The van der Waals surface area contributed by atoms with Gasteiger partial charge in [0, 0.05) is 6.54 Å². The van der Waals surface area contributed by atoms with E-state index in [2.05, 4.69) is 24.3 Å². The Morgan fingerprint density at radius 2 is 1.88 bits per heavy atom. The summed E-state index contributed by atoms with van der Waals surface area (Å²) in [5.41, 5.74) is 2.25. The van der Waals surface area contributed by atoms with Gasteiger partial charge in [-0.2, -0.15) is 0 Å². The molecule has 1 aromatic heterocycles. The summed E-state index contributed by atoms with van der Waals surface area (Å²) in [4.78, 5) is 12.7.